The van der Waals surface area contributed by atoms with Gasteiger partial charge in [0.2, 0.25) is 0 Å². The fourth-order valence-corrected chi connectivity index (χ4v) is 2.62. The monoisotopic (exact) mass is 200 g/mol. The highest BCUT2D eigenvalue weighted by Gasteiger charge is 2.24. The maximum atomic E-state index is 4.18. The van der Waals surface area contributed by atoms with Crippen LogP contribution in [0.3, 0.4) is 0 Å². The minimum atomic E-state index is 0.727. The molecule has 0 nitrogen and oxygen atoms in total. The number of aryl methyl sites for hydroxylation is 1. The van der Waals surface area contributed by atoms with E-state index in [-0.39, 0.29) is 0 Å². The maximum Gasteiger partial charge on any atom is -0.0130 e. The maximum absolute atomic E-state index is 4.18. The van der Waals surface area contributed by atoms with Crippen molar-refractivity contribution in [2.24, 2.45) is 5.92 Å². The van der Waals surface area contributed by atoms with Gasteiger partial charge in [-0.05, 0) is 48.3 Å². The number of benzene rings is 1. The molecule has 0 spiro atoms. The molecule has 0 amide bonds. The predicted molar refractivity (Wildman–Crippen MR) is 67.0 cm³/mol. The highest BCUT2D eigenvalue weighted by atomic mass is 14.3. The van der Waals surface area contributed by atoms with Gasteiger partial charge in [-0.15, -0.1) is 0 Å². The molecular formula is C15H20. The predicted octanol–water partition coefficient (Wildman–Crippen LogP) is 4.54. The van der Waals surface area contributed by atoms with Crippen molar-refractivity contribution in [3.8, 4) is 0 Å². The van der Waals surface area contributed by atoms with Crippen LogP contribution in [-0.2, 0) is 0 Å². The topological polar surface area (TPSA) is 0 Å². The van der Waals surface area contributed by atoms with Gasteiger partial charge in [-0.25, -0.2) is 0 Å². The number of hydrogen-bond acceptors (Lipinski definition) is 0. The Kier molecular flexibility index (Phi) is 2.68. The summed E-state index contributed by atoms with van der Waals surface area (Å²) >= 11 is 0. The van der Waals surface area contributed by atoms with Crippen molar-refractivity contribution in [3.63, 3.8) is 0 Å². The van der Waals surface area contributed by atoms with Crippen molar-refractivity contribution < 1.29 is 0 Å². The first-order valence-electron chi connectivity index (χ1n) is 5.88. The molecule has 0 unspecified atom stereocenters. The second-order valence-corrected chi connectivity index (χ2v) is 5.08. The first-order valence-corrected chi connectivity index (χ1v) is 5.88. The Bertz CT molecular complexity index is 385. The molecule has 1 aliphatic rings. The lowest BCUT2D eigenvalue weighted by molar-refractivity contribution is 0.464. The third kappa shape index (κ3) is 1.86. The molecule has 1 atom stereocenters. The zero-order valence-electron chi connectivity index (χ0n) is 10.0. The Morgan fingerprint density at radius 3 is 2.73 bits per heavy atom. The first-order chi connectivity index (χ1) is 7.09. The average Bonchev–Trinajstić information content (AvgIpc) is 2.17. The van der Waals surface area contributed by atoms with E-state index < -0.39 is 0 Å². The average molecular weight is 200 g/mol. The molecule has 2 rings (SSSR count). The highest BCUT2D eigenvalue weighted by molar-refractivity contribution is 5.69. The summed E-state index contributed by atoms with van der Waals surface area (Å²) in [6.45, 7) is 11.0. The van der Waals surface area contributed by atoms with Crippen molar-refractivity contribution in [2.45, 2.75) is 39.5 Å². The zero-order valence-corrected chi connectivity index (χ0v) is 10.0. The minimum Gasteiger partial charge on any atom is -0.0952 e. The molecule has 1 aliphatic carbocycles. The Morgan fingerprint density at radius 1 is 1.33 bits per heavy atom. The van der Waals surface area contributed by atoms with Crippen molar-refractivity contribution >= 4 is 5.57 Å². The van der Waals surface area contributed by atoms with Crippen LogP contribution >= 0.6 is 0 Å². The van der Waals surface area contributed by atoms with Gasteiger partial charge in [0.05, 0.1) is 0 Å². The van der Waals surface area contributed by atoms with Crippen LogP contribution in [0.5, 0.6) is 0 Å². The molecule has 0 fully saturated rings. The summed E-state index contributed by atoms with van der Waals surface area (Å²) in [5, 5.41) is 0. The minimum absolute atomic E-state index is 0.727. The van der Waals surface area contributed by atoms with Crippen LogP contribution < -0.4 is 0 Å². The van der Waals surface area contributed by atoms with Crippen LogP contribution in [0.1, 0.15) is 49.3 Å². The quantitative estimate of drug-likeness (QED) is 0.624. The van der Waals surface area contributed by atoms with Crippen molar-refractivity contribution in [2.75, 3.05) is 0 Å². The lowest BCUT2D eigenvalue weighted by atomic mass is 9.75. The Hall–Kier alpha value is -1.04. The molecule has 0 heterocycles. The van der Waals surface area contributed by atoms with Crippen LogP contribution in [0.4, 0.5) is 0 Å². The number of allylic oxidation sites excluding steroid dienone is 1. The lowest BCUT2D eigenvalue weighted by Gasteiger charge is -2.30. The normalized spacial score (nSPS) is 20.5. The molecule has 1 aromatic carbocycles. The second-order valence-electron chi connectivity index (χ2n) is 5.08. The number of fused-ring (bicyclic) bond motifs is 1. The van der Waals surface area contributed by atoms with Crippen LogP contribution in [0.25, 0.3) is 5.57 Å². The van der Waals surface area contributed by atoms with E-state index in [1.54, 1.807) is 0 Å². The smallest absolute Gasteiger partial charge is 0.0130 e. The molecule has 0 heteroatoms. The summed E-state index contributed by atoms with van der Waals surface area (Å²) < 4.78 is 0. The van der Waals surface area contributed by atoms with Gasteiger partial charge in [-0.3, -0.25) is 0 Å². The number of rotatable bonds is 1. The van der Waals surface area contributed by atoms with Crippen LogP contribution in [0, 0.1) is 12.8 Å². The van der Waals surface area contributed by atoms with Crippen LogP contribution in [0.15, 0.2) is 24.8 Å². The number of hydrogen-bond donors (Lipinski definition) is 0. The summed E-state index contributed by atoms with van der Waals surface area (Å²) in [6.07, 6.45) is 2.44. The molecular weight excluding hydrogens is 180 g/mol. The van der Waals surface area contributed by atoms with E-state index in [2.05, 4.69) is 45.5 Å². The van der Waals surface area contributed by atoms with E-state index in [1.807, 2.05) is 0 Å². The summed E-state index contributed by atoms with van der Waals surface area (Å²) in [5.41, 5.74) is 5.63. The standard InChI is InChI=1S/C15H20/c1-10(2)13-8-6-12(4)14-7-5-11(3)9-15(13)14/h5,7,9-10,13H,4,6,8H2,1-3H3/t13-/m1/s1. The molecule has 0 saturated carbocycles. The largest absolute Gasteiger partial charge is 0.0952 e. The van der Waals surface area contributed by atoms with Crippen LogP contribution in [0.2, 0.25) is 0 Å². The summed E-state index contributed by atoms with van der Waals surface area (Å²) in [4.78, 5) is 0. The van der Waals surface area contributed by atoms with Gasteiger partial charge in [0.25, 0.3) is 0 Å². The summed E-state index contributed by atoms with van der Waals surface area (Å²) in [6, 6.07) is 6.80. The summed E-state index contributed by atoms with van der Waals surface area (Å²) in [5.74, 6) is 1.46. The Morgan fingerprint density at radius 2 is 2.07 bits per heavy atom. The summed E-state index contributed by atoms with van der Waals surface area (Å²) in [7, 11) is 0. The van der Waals surface area contributed by atoms with Gasteiger partial charge in [0.15, 0.2) is 0 Å². The van der Waals surface area contributed by atoms with Crippen molar-refractivity contribution in [1.82, 2.24) is 0 Å². The fourth-order valence-electron chi connectivity index (χ4n) is 2.62. The van der Waals surface area contributed by atoms with Crippen LogP contribution in [-0.4, -0.2) is 0 Å². The molecule has 0 N–H and O–H groups in total. The Balaban J connectivity index is 2.51. The van der Waals surface area contributed by atoms with Gasteiger partial charge in [-0.2, -0.15) is 0 Å². The van der Waals surface area contributed by atoms with E-state index in [9.17, 15) is 0 Å². The molecule has 0 aliphatic heterocycles. The van der Waals surface area contributed by atoms with E-state index in [0.717, 1.165) is 11.8 Å². The van der Waals surface area contributed by atoms with Gasteiger partial charge < -0.3 is 0 Å². The zero-order chi connectivity index (χ0) is 11.0. The van der Waals surface area contributed by atoms with E-state index >= 15 is 0 Å². The molecule has 15 heavy (non-hydrogen) atoms. The molecule has 0 aromatic heterocycles. The molecule has 1 aromatic rings. The third-order valence-electron chi connectivity index (χ3n) is 3.55. The van der Waals surface area contributed by atoms with Gasteiger partial charge >= 0.3 is 0 Å². The SMILES string of the molecule is C=C1CC[C@H](C(C)C)c2cc(C)ccc21. The molecule has 0 radical (unpaired) electrons. The van der Waals surface area contributed by atoms with E-state index in [4.69, 9.17) is 0 Å². The van der Waals surface area contributed by atoms with E-state index in [1.165, 1.54) is 35.1 Å². The molecule has 0 saturated heterocycles. The van der Waals surface area contributed by atoms with Gasteiger partial charge in [0.1, 0.15) is 0 Å². The lowest BCUT2D eigenvalue weighted by Crippen LogP contribution is -2.14. The van der Waals surface area contributed by atoms with Gasteiger partial charge in [-0.1, -0.05) is 44.2 Å². The fraction of sp³-hybridized carbons (Fsp3) is 0.467. The molecule has 0 bridgehead atoms. The first kappa shape index (κ1) is 10.5. The highest BCUT2D eigenvalue weighted by Crippen LogP contribution is 2.41. The van der Waals surface area contributed by atoms with Gasteiger partial charge in [0, 0.05) is 0 Å². The van der Waals surface area contributed by atoms with Crippen molar-refractivity contribution in [1.29, 1.82) is 0 Å². The van der Waals surface area contributed by atoms with Crippen molar-refractivity contribution in [3.05, 3.63) is 41.5 Å². The molecule has 80 valence electrons. The second kappa shape index (κ2) is 3.84. The Labute approximate surface area is 93.0 Å². The third-order valence-corrected chi connectivity index (χ3v) is 3.55. The van der Waals surface area contributed by atoms with E-state index in [0.29, 0.717) is 0 Å².